The molecule has 1 heterocycles. The van der Waals surface area contributed by atoms with Gasteiger partial charge < -0.3 is 5.32 Å². The van der Waals surface area contributed by atoms with Gasteiger partial charge >= 0.3 is 0 Å². The molecule has 112 valence electrons. The summed E-state index contributed by atoms with van der Waals surface area (Å²) < 4.78 is 1.08. The van der Waals surface area contributed by atoms with Gasteiger partial charge in [0, 0.05) is 27.0 Å². The van der Waals surface area contributed by atoms with Crippen molar-refractivity contribution >= 4 is 38.9 Å². The SMILES string of the molecule is Clc1ccc(CNC(c2cccs2)C2CCCC2)c(Br)c1. The van der Waals surface area contributed by atoms with Gasteiger partial charge in [-0.15, -0.1) is 11.3 Å². The molecule has 0 amide bonds. The topological polar surface area (TPSA) is 12.0 Å². The summed E-state index contributed by atoms with van der Waals surface area (Å²) in [5.74, 6) is 0.773. The van der Waals surface area contributed by atoms with Crippen molar-refractivity contribution in [1.29, 1.82) is 0 Å². The molecule has 1 unspecified atom stereocenters. The quantitative estimate of drug-likeness (QED) is 0.648. The van der Waals surface area contributed by atoms with Gasteiger partial charge in [0.05, 0.1) is 0 Å². The highest BCUT2D eigenvalue weighted by Crippen LogP contribution is 2.37. The minimum Gasteiger partial charge on any atom is -0.305 e. The molecule has 1 fully saturated rings. The predicted molar refractivity (Wildman–Crippen MR) is 95.0 cm³/mol. The van der Waals surface area contributed by atoms with Crippen LogP contribution >= 0.6 is 38.9 Å². The van der Waals surface area contributed by atoms with E-state index in [1.165, 1.54) is 36.1 Å². The van der Waals surface area contributed by atoms with E-state index in [1.54, 1.807) is 0 Å². The number of halogens is 2. The summed E-state index contributed by atoms with van der Waals surface area (Å²) in [7, 11) is 0. The summed E-state index contributed by atoms with van der Waals surface area (Å²) in [5, 5.41) is 6.73. The molecule has 1 saturated carbocycles. The Labute approximate surface area is 143 Å². The van der Waals surface area contributed by atoms with E-state index in [1.807, 2.05) is 23.5 Å². The van der Waals surface area contributed by atoms with E-state index in [9.17, 15) is 0 Å². The van der Waals surface area contributed by atoms with Crippen molar-refractivity contribution in [1.82, 2.24) is 5.32 Å². The van der Waals surface area contributed by atoms with E-state index in [-0.39, 0.29) is 0 Å². The lowest BCUT2D eigenvalue weighted by Gasteiger charge is -2.24. The second kappa shape index (κ2) is 7.28. The number of thiophene rings is 1. The van der Waals surface area contributed by atoms with Gasteiger partial charge in [-0.25, -0.2) is 0 Å². The number of hydrogen-bond donors (Lipinski definition) is 1. The second-order valence-corrected chi connectivity index (χ2v) is 7.92. The van der Waals surface area contributed by atoms with Crippen LogP contribution in [0.15, 0.2) is 40.2 Å². The second-order valence-electron chi connectivity index (χ2n) is 5.65. The van der Waals surface area contributed by atoms with Crippen LogP contribution in [-0.2, 0) is 6.54 Å². The van der Waals surface area contributed by atoms with Crippen molar-refractivity contribution in [3.8, 4) is 0 Å². The van der Waals surface area contributed by atoms with E-state index >= 15 is 0 Å². The number of hydrogen-bond acceptors (Lipinski definition) is 2. The lowest BCUT2D eigenvalue weighted by Crippen LogP contribution is -2.26. The van der Waals surface area contributed by atoms with Crippen LogP contribution in [0.5, 0.6) is 0 Å². The van der Waals surface area contributed by atoms with E-state index in [4.69, 9.17) is 11.6 Å². The number of nitrogens with one attached hydrogen (secondary N) is 1. The van der Waals surface area contributed by atoms with Gasteiger partial charge in [0.2, 0.25) is 0 Å². The zero-order chi connectivity index (χ0) is 14.7. The van der Waals surface area contributed by atoms with Gasteiger partial charge in [-0.2, -0.15) is 0 Å². The minimum atomic E-state index is 0.482. The summed E-state index contributed by atoms with van der Waals surface area (Å²) in [6.45, 7) is 0.872. The van der Waals surface area contributed by atoms with Crippen molar-refractivity contribution in [2.45, 2.75) is 38.3 Å². The average Bonchev–Trinajstić information content (AvgIpc) is 3.14. The highest BCUT2D eigenvalue weighted by atomic mass is 79.9. The van der Waals surface area contributed by atoms with Crippen LogP contribution in [0, 0.1) is 5.92 Å². The molecule has 0 aliphatic heterocycles. The van der Waals surface area contributed by atoms with E-state index in [0.717, 1.165) is 22.0 Å². The first kappa shape index (κ1) is 15.5. The van der Waals surface area contributed by atoms with Crippen molar-refractivity contribution in [2.75, 3.05) is 0 Å². The largest absolute Gasteiger partial charge is 0.305 e. The maximum atomic E-state index is 6.02. The van der Waals surface area contributed by atoms with Crippen molar-refractivity contribution in [2.24, 2.45) is 5.92 Å². The Morgan fingerprint density at radius 1 is 1.29 bits per heavy atom. The van der Waals surface area contributed by atoms with Crippen LogP contribution in [0.3, 0.4) is 0 Å². The van der Waals surface area contributed by atoms with E-state index in [2.05, 4.69) is 44.8 Å². The lowest BCUT2D eigenvalue weighted by molar-refractivity contribution is 0.370. The van der Waals surface area contributed by atoms with Crippen molar-refractivity contribution in [3.63, 3.8) is 0 Å². The van der Waals surface area contributed by atoms with Gasteiger partial charge in [0.1, 0.15) is 0 Å². The third kappa shape index (κ3) is 3.89. The van der Waals surface area contributed by atoms with Gasteiger partial charge in [-0.3, -0.25) is 0 Å². The lowest BCUT2D eigenvalue weighted by atomic mass is 9.96. The predicted octanol–water partition coefficient (Wildman–Crippen LogP) is 6.19. The summed E-state index contributed by atoms with van der Waals surface area (Å²) in [6, 6.07) is 10.9. The minimum absolute atomic E-state index is 0.482. The number of rotatable bonds is 5. The van der Waals surface area contributed by atoms with Gasteiger partial charge in [-0.05, 0) is 47.9 Å². The molecular formula is C17H19BrClNS. The molecule has 1 N–H and O–H groups in total. The van der Waals surface area contributed by atoms with Crippen molar-refractivity contribution < 1.29 is 0 Å². The fraction of sp³-hybridized carbons (Fsp3) is 0.412. The maximum Gasteiger partial charge on any atom is 0.0446 e. The monoisotopic (exact) mass is 383 g/mol. The van der Waals surface area contributed by atoms with Crippen LogP contribution in [0.4, 0.5) is 0 Å². The molecule has 1 aliphatic rings. The third-order valence-corrected chi connectivity index (χ3v) is 6.18. The highest BCUT2D eigenvalue weighted by Gasteiger charge is 2.26. The molecule has 1 aromatic heterocycles. The first-order valence-corrected chi connectivity index (χ1v) is 9.50. The first-order valence-electron chi connectivity index (χ1n) is 7.45. The Balaban J connectivity index is 1.72. The molecule has 0 radical (unpaired) electrons. The smallest absolute Gasteiger partial charge is 0.0446 e. The molecule has 0 saturated heterocycles. The Morgan fingerprint density at radius 2 is 2.10 bits per heavy atom. The standard InChI is InChI=1S/C17H19BrClNS/c18-15-10-14(19)8-7-13(15)11-20-17(12-4-1-2-5-12)16-6-3-9-21-16/h3,6-10,12,17,20H,1-2,4-5,11H2. The summed E-state index contributed by atoms with van der Waals surface area (Å²) in [6.07, 6.45) is 5.44. The van der Waals surface area contributed by atoms with Gasteiger partial charge in [0.25, 0.3) is 0 Å². The van der Waals surface area contributed by atoms with Crippen LogP contribution in [0.25, 0.3) is 0 Å². The van der Waals surface area contributed by atoms with Gasteiger partial charge in [-0.1, -0.05) is 52.5 Å². The molecular weight excluding hydrogens is 366 g/mol. The Hall–Kier alpha value is -0.350. The van der Waals surface area contributed by atoms with Crippen LogP contribution in [0.2, 0.25) is 5.02 Å². The van der Waals surface area contributed by atoms with Crippen LogP contribution < -0.4 is 5.32 Å². The Kier molecular flexibility index (Phi) is 5.38. The Bertz CT molecular complexity index is 578. The normalized spacial score (nSPS) is 17.2. The van der Waals surface area contributed by atoms with Crippen LogP contribution in [-0.4, -0.2) is 0 Å². The molecule has 0 spiro atoms. The van der Waals surface area contributed by atoms with Crippen molar-refractivity contribution in [3.05, 3.63) is 55.6 Å². The summed E-state index contributed by atoms with van der Waals surface area (Å²) in [5.41, 5.74) is 1.26. The fourth-order valence-corrected chi connectivity index (χ4v) is 4.86. The van der Waals surface area contributed by atoms with E-state index in [0.29, 0.717) is 6.04 Å². The highest BCUT2D eigenvalue weighted by molar-refractivity contribution is 9.10. The number of benzene rings is 1. The molecule has 1 atom stereocenters. The Morgan fingerprint density at radius 3 is 2.76 bits per heavy atom. The zero-order valence-electron chi connectivity index (χ0n) is 11.8. The zero-order valence-corrected chi connectivity index (χ0v) is 15.0. The summed E-state index contributed by atoms with van der Waals surface area (Å²) >= 11 is 11.5. The molecule has 1 aliphatic carbocycles. The molecule has 4 heteroatoms. The molecule has 1 aromatic carbocycles. The molecule has 21 heavy (non-hydrogen) atoms. The van der Waals surface area contributed by atoms with Crippen LogP contribution in [0.1, 0.15) is 42.2 Å². The molecule has 0 bridgehead atoms. The average molecular weight is 385 g/mol. The third-order valence-electron chi connectivity index (χ3n) is 4.25. The maximum absolute atomic E-state index is 6.02. The molecule has 2 aromatic rings. The fourth-order valence-electron chi connectivity index (χ4n) is 3.14. The van der Waals surface area contributed by atoms with Gasteiger partial charge in [0.15, 0.2) is 0 Å². The van der Waals surface area contributed by atoms with E-state index < -0.39 is 0 Å². The first-order chi connectivity index (χ1) is 10.2. The summed E-state index contributed by atoms with van der Waals surface area (Å²) in [4.78, 5) is 1.46. The molecule has 3 rings (SSSR count). The molecule has 1 nitrogen and oxygen atoms in total.